The van der Waals surface area contributed by atoms with E-state index in [4.69, 9.17) is 5.73 Å². The smallest absolute Gasteiger partial charge is 0.241 e. The summed E-state index contributed by atoms with van der Waals surface area (Å²) in [7, 11) is 0. The third-order valence-corrected chi connectivity index (χ3v) is 4.64. The molecule has 3 atom stereocenters. The molecule has 0 spiro atoms. The van der Waals surface area contributed by atoms with Gasteiger partial charge in [0.1, 0.15) is 12.2 Å². The molecule has 0 bridgehead atoms. The van der Waals surface area contributed by atoms with Crippen LogP contribution in [0.2, 0.25) is 0 Å². The number of carbonyl (C=O) groups is 1. The molecule has 128 valence electrons. The standard InChI is InChI=1S/C20H20FN3O/c21-16-11-17(12-22)24(13-16)20(25)19(23)18(14-7-3-1-4-8-14)15-9-5-2-6-10-15/h1-10,16-19H,11,13,23H2/t16-,17-,19-/m0/s1. The van der Waals surface area contributed by atoms with Crippen molar-refractivity contribution in [3.05, 3.63) is 71.8 Å². The monoisotopic (exact) mass is 337 g/mol. The molecule has 1 amide bonds. The number of alkyl halides is 1. The van der Waals surface area contributed by atoms with Gasteiger partial charge in [-0.3, -0.25) is 4.79 Å². The van der Waals surface area contributed by atoms with Crippen molar-refractivity contribution >= 4 is 5.91 Å². The van der Waals surface area contributed by atoms with Crippen LogP contribution in [0.5, 0.6) is 0 Å². The first-order valence-electron chi connectivity index (χ1n) is 8.31. The zero-order valence-corrected chi connectivity index (χ0v) is 13.8. The summed E-state index contributed by atoms with van der Waals surface area (Å²) in [6.45, 7) is -0.0684. The molecule has 4 nitrogen and oxygen atoms in total. The predicted molar refractivity (Wildman–Crippen MR) is 93.3 cm³/mol. The first kappa shape index (κ1) is 17.1. The maximum atomic E-state index is 13.7. The molecule has 2 aromatic rings. The Bertz CT molecular complexity index is 720. The zero-order chi connectivity index (χ0) is 17.8. The highest BCUT2D eigenvalue weighted by Gasteiger charge is 2.40. The molecular weight excluding hydrogens is 317 g/mol. The summed E-state index contributed by atoms with van der Waals surface area (Å²) >= 11 is 0. The van der Waals surface area contributed by atoms with E-state index in [1.54, 1.807) is 0 Å². The van der Waals surface area contributed by atoms with Crippen molar-refractivity contribution in [3.63, 3.8) is 0 Å². The average molecular weight is 337 g/mol. The largest absolute Gasteiger partial charge is 0.322 e. The maximum absolute atomic E-state index is 13.7. The van der Waals surface area contributed by atoms with Crippen molar-refractivity contribution in [3.8, 4) is 6.07 Å². The Hall–Kier alpha value is -2.71. The predicted octanol–water partition coefficient (Wildman–Crippen LogP) is 2.61. The maximum Gasteiger partial charge on any atom is 0.241 e. The molecule has 1 aliphatic rings. The zero-order valence-electron chi connectivity index (χ0n) is 13.8. The lowest BCUT2D eigenvalue weighted by molar-refractivity contribution is -0.133. The molecular formula is C20H20FN3O. The number of benzene rings is 2. The van der Waals surface area contributed by atoms with E-state index in [2.05, 4.69) is 0 Å². The van der Waals surface area contributed by atoms with Gasteiger partial charge in [-0.1, -0.05) is 60.7 Å². The van der Waals surface area contributed by atoms with Gasteiger partial charge in [0, 0.05) is 12.3 Å². The first-order valence-corrected chi connectivity index (χ1v) is 8.31. The molecule has 2 aromatic carbocycles. The quantitative estimate of drug-likeness (QED) is 0.932. The van der Waals surface area contributed by atoms with Gasteiger partial charge in [0.15, 0.2) is 0 Å². The van der Waals surface area contributed by atoms with Gasteiger partial charge in [-0.2, -0.15) is 5.26 Å². The van der Waals surface area contributed by atoms with Crippen molar-refractivity contribution < 1.29 is 9.18 Å². The van der Waals surface area contributed by atoms with Crippen molar-refractivity contribution in [2.24, 2.45) is 5.73 Å². The summed E-state index contributed by atoms with van der Waals surface area (Å²) in [4.78, 5) is 14.2. The van der Waals surface area contributed by atoms with Gasteiger partial charge in [-0.15, -0.1) is 0 Å². The Labute approximate surface area is 146 Å². The van der Waals surface area contributed by atoms with E-state index in [1.165, 1.54) is 4.90 Å². The van der Waals surface area contributed by atoms with Crippen LogP contribution in [-0.2, 0) is 4.79 Å². The number of nitrogens with two attached hydrogens (primary N) is 1. The van der Waals surface area contributed by atoms with Crippen molar-refractivity contribution in [1.82, 2.24) is 4.90 Å². The minimum Gasteiger partial charge on any atom is -0.322 e. The minimum absolute atomic E-state index is 0.0519. The number of carbonyl (C=O) groups excluding carboxylic acids is 1. The lowest BCUT2D eigenvalue weighted by atomic mass is 9.84. The summed E-state index contributed by atoms with van der Waals surface area (Å²) in [5.74, 6) is -0.739. The van der Waals surface area contributed by atoms with E-state index in [0.717, 1.165) is 11.1 Å². The topological polar surface area (TPSA) is 70.1 Å². The Morgan fingerprint density at radius 3 is 2.12 bits per heavy atom. The van der Waals surface area contributed by atoms with Crippen LogP contribution < -0.4 is 5.73 Å². The Morgan fingerprint density at radius 2 is 1.64 bits per heavy atom. The highest BCUT2D eigenvalue weighted by molar-refractivity contribution is 5.84. The molecule has 1 saturated heterocycles. The third kappa shape index (κ3) is 3.54. The number of rotatable bonds is 4. The van der Waals surface area contributed by atoms with E-state index < -0.39 is 18.3 Å². The van der Waals surface area contributed by atoms with E-state index in [9.17, 15) is 14.4 Å². The van der Waals surface area contributed by atoms with E-state index >= 15 is 0 Å². The number of halogens is 1. The van der Waals surface area contributed by atoms with Crippen LogP contribution in [-0.4, -0.2) is 35.6 Å². The molecule has 5 heteroatoms. The van der Waals surface area contributed by atoms with Crippen molar-refractivity contribution in [2.75, 3.05) is 6.54 Å². The SMILES string of the molecule is N#C[C@@H]1C[C@H](F)CN1C(=O)[C@@H](N)C(c1ccccc1)c1ccccc1. The molecule has 25 heavy (non-hydrogen) atoms. The van der Waals surface area contributed by atoms with Crippen molar-refractivity contribution in [1.29, 1.82) is 5.26 Å². The van der Waals surface area contributed by atoms with Gasteiger partial charge in [-0.25, -0.2) is 4.39 Å². The van der Waals surface area contributed by atoms with Gasteiger partial charge < -0.3 is 10.6 Å². The number of hydrogen-bond donors (Lipinski definition) is 1. The van der Waals surface area contributed by atoms with Crippen LogP contribution in [0.4, 0.5) is 4.39 Å². The third-order valence-electron chi connectivity index (χ3n) is 4.64. The lowest BCUT2D eigenvalue weighted by Crippen LogP contribution is -2.49. The van der Waals surface area contributed by atoms with Crippen LogP contribution in [0.25, 0.3) is 0 Å². The van der Waals surface area contributed by atoms with Crippen LogP contribution in [0.1, 0.15) is 23.5 Å². The lowest BCUT2D eigenvalue weighted by Gasteiger charge is -2.29. The normalized spacial score (nSPS) is 21.1. The van der Waals surface area contributed by atoms with E-state index in [0.29, 0.717) is 0 Å². The van der Waals surface area contributed by atoms with E-state index in [-0.39, 0.29) is 24.8 Å². The van der Waals surface area contributed by atoms with Crippen molar-refractivity contribution in [2.45, 2.75) is 30.6 Å². The molecule has 1 aliphatic heterocycles. The number of hydrogen-bond acceptors (Lipinski definition) is 3. The number of amides is 1. The molecule has 0 radical (unpaired) electrons. The highest BCUT2D eigenvalue weighted by Crippen LogP contribution is 2.30. The molecule has 2 N–H and O–H groups in total. The summed E-state index contributed by atoms with van der Waals surface area (Å²) in [6.07, 6.45) is -1.12. The fraction of sp³-hybridized carbons (Fsp3) is 0.300. The average Bonchev–Trinajstić information content (AvgIpc) is 3.04. The summed E-state index contributed by atoms with van der Waals surface area (Å²) in [5, 5.41) is 9.21. The molecule has 1 heterocycles. The first-order chi connectivity index (χ1) is 12.1. The van der Waals surface area contributed by atoms with Gasteiger partial charge in [0.2, 0.25) is 5.91 Å². The Balaban J connectivity index is 1.94. The highest BCUT2D eigenvalue weighted by atomic mass is 19.1. The summed E-state index contributed by atoms with van der Waals surface area (Å²) in [6, 6.07) is 19.5. The van der Waals surface area contributed by atoms with Gasteiger partial charge in [0.25, 0.3) is 0 Å². The summed E-state index contributed by atoms with van der Waals surface area (Å²) in [5.41, 5.74) is 8.18. The van der Waals surface area contributed by atoms with Gasteiger partial charge >= 0.3 is 0 Å². The second kappa shape index (κ2) is 7.45. The number of nitrogens with zero attached hydrogens (tertiary/aromatic N) is 2. The Morgan fingerprint density at radius 1 is 1.12 bits per heavy atom. The second-order valence-electron chi connectivity index (χ2n) is 6.29. The molecule has 0 aromatic heterocycles. The molecule has 1 fully saturated rings. The van der Waals surface area contributed by atoms with Crippen LogP contribution in [0, 0.1) is 11.3 Å². The van der Waals surface area contributed by atoms with E-state index in [1.807, 2.05) is 66.7 Å². The molecule has 0 unspecified atom stereocenters. The van der Waals surface area contributed by atoms with Crippen LogP contribution in [0.3, 0.4) is 0 Å². The number of likely N-dealkylation sites (tertiary alicyclic amines) is 1. The summed E-state index contributed by atoms with van der Waals surface area (Å²) < 4.78 is 13.7. The second-order valence-corrected chi connectivity index (χ2v) is 6.29. The van der Waals surface area contributed by atoms with Gasteiger partial charge in [0.05, 0.1) is 18.7 Å². The molecule has 3 rings (SSSR count). The number of nitriles is 1. The van der Waals surface area contributed by atoms with Crippen LogP contribution >= 0.6 is 0 Å². The fourth-order valence-corrected chi connectivity index (χ4v) is 3.41. The van der Waals surface area contributed by atoms with Gasteiger partial charge in [-0.05, 0) is 11.1 Å². The Kier molecular flexibility index (Phi) is 5.11. The fourth-order valence-electron chi connectivity index (χ4n) is 3.41. The molecule has 0 aliphatic carbocycles. The van der Waals surface area contributed by atoms with Crippen LogP contribution in [0.15, 0.2) is 60.7 Å². The minimum atomic E-state index is -1.17. The molecule has 0 saturated carbocycles.